The lowest BCUT2D eigenvalue weighted by Gasteiger charge is -2.27. The highest BCUT2D eigenvalue weighted by atomic mass is 16.5. The zero-order chi connectivity index (χ0) is 25.2. The SMILES string of the molecule is C=CC(=O)C1CCC(CCn2c(=O)ccc3cnc(C/C(C=C)=C/CCCOC(C)C)cc32)CC1. The fourth-order valence-corrected chi connectivity index (χ4v) is 4.90. The van der Waals surface area contributed by atoms with E-state index >= 15 is 0 Å². The summed E-state index contributed by atoms with van der Waals surface area (Å²) < 4.78 is 7.51. The minimum Gasteiger partial charge on any atom is -0.379 e. The predicted molar refractivity (Wildman–Crippen MR) is 144 cm³/mol. The van der Waals surface area contributed by atoms with Gasteiger partial charge < -0.3 is 9.30 Å². The van der Waals surface area contributed by atoms with Crippen LogP contribution in [0.5, 0.6) is 0 Å². The molecule has 5 nitrogen and oxygen atoms in total. The molecule has 1 aliphatic rings. The number of rotatable bonds is 13. The summed E-state index contributed by atoms with van der Waals surface area (Å²) in [5, 5.41) is 0.976. The van der Waals surface area contributed by atoms with Gasteiger partial charge in [0, 0.05) is 48.8 Å². The van der Waals surface area contributed by atoms with Crippen LogP contribution >= 0.6 is 0 Å². The maximum Gasteiger partial charge on any atom is 0.251 e. The van der Waals surface area contributed by atoms with Crippen LogP contribution in [0.1, 0.15) is 64.5 Å². The van der Waals surface area contributed by atoms with E-state index in [-0.39, 0.29) is 23.4 Å². The molecule has 0 spiro atoms. The lowest BCUT2D eigenvalue weighted by atomic mass is 9.79. The number of fused-ring (bicyclic) bond motifs is 1. The molecule has 2 aromatic heterocycles. The van der Waals surface area contributed by atoms with Gasteiger partial charge in [-0.3, -0.25) is 14.6 Å². The van der Waals surface area contributed by atoms with E-state index in [1.165, 1.54) is 6.08 Å². The molecule has 2 heterocycles. The van der Waals surface area contributed by atoms with E-state index in [1.807, 2.05) is 36.8 Å². The lowest BCUT2D eigenvalue weighted by molar-refractivity contribution is -0.119. The largest absolute Gasteiger partial charge is 0.379 e. The Bertz CT molecular complexity index is 1100. The van der Waals surface area contributed by atoms with Crippen molar-refractivity contribution in [1.29, 1.82) is 0 Å². The number of pyridine rings is 2. The van der Waals surface area contributed by atoms with Crippen molar-refractivity contribution in [2.24, 2.45) is 11.8 Å². The number of ketones is 1. The van der Waals surface area contributed by atoms with Crippen LogP contribution in [0.15, 0.2) is 66.1 Å². The Balaban J connectivity index is 1.67. The monoisotopic (exact) mass is 476 g/mol. The van der Waals surface area contributed by atoms with Crippen LogP contribution in [-0.4, -0.2) is 28.0 Å². The first-order valence-electron chi connectivity index (χ1n) is 13.0. The van der Waals surface area contributed by atoms with Crippen molar-refractivity contribution >= 4 is 16.7 Å². The molecule has 2 aromatic rings. The van der Waals surface area contributed by atoms with Crippen molar-refractivity contribution in [2.45, 2.75) is 77.9 Å². The van der Waals surface area contributed by atoms with Crippen LogP contribution in [0, 0.1) is 11.8 Å². The van der Waals surface area contributed by atoms with Gasteiger partial charge in [-0.1, -0.05) is 25.3 Å². The molecule has 0 amide bonds. The summed E-state index contributed by atoms with van der Waals surface area (Å²) in [6.07, 6.45) is 15.1. The molecular formula is C30H40N2O3. The standard InChI is InChI=1S/C30H40N2O3/c1-5-23(9-7-8-18-35-22(3)4)19-27-20-28-26(21-31-27)14-15-30(34)32(28)17-16-24-10-12-25(13-11-24)29(33)6-2/h5-6,9,14-15,20-22,24-25H,1-2,7-8,10-13,16-19H2,3-4H3/b23-9+. The molecule has 0 atom stereocenters. The van der Waals surface area contributed by atoms with Gasteiger partial charge in [-0.15, -0.1) is 0 Å². The van der Waals surface area contributed by atoms with E-state index in [2.05, 4.69) is 30.3 Å². The average molecular weight is 477 g/mol. The maximum atomic E-state index is 12.8. The molecular weight excluding hydrogens is 436 g/mol. The van der Waals surface area contributed by atoms with Crippen LogP contribution in [0.4, 0.5) is 0 Å². The fourth-order valence-electron chi connectivity index (χ4n) is 4.90. The number of nitrogens with zero attached hydrogens (tertiary/aromatic N) is 2. The highest BCUT2D eigenvalue weighted by molar-refractivity contribution is 5.91. The van der Waals surface area contributed by atoms with Gasteiger partial charge in [0.05, 0.1) is 11.6 Å². The number of carbonyl (C=O) groups excluding carboxylic acids is 1. The van der Waals surface area contributed by atoms with Gasteiger partial charge in [0.1, 0.15) is 0 Å². The van der Waals surface area contributed by atoms with Crippen molar-refractivity contribution in [2.75, 3.05) is 6.61 Å². The van der Waals surface area contributed by atoms with Crippen molar-refractivity contribution in [3.63, 3.8) is 0 Å². The number of carbonyl (C=O) groups is 1. The third-order valence-corrected chi connectivity index (χ3v) is 7.00. The van der Waals surface area contributed by atoms with Crippen molar-refractivity contribution in [1.82, 2.24) is 9.55 Å². The average Bonchev–Trinajstić information content (AvgIpc) is 2.86. The van der Waals surface area contributed by atoms with Gasteiger partial charge in [-0.05, 0) is 88.5 Å². The summed E-state index contributed by atoms with van der Waals surface area (Å²) in [5.74, 6) is 0.848. The minimum absolute atomic E-state index is 0.0230. The molecule has 0 saturated heterocycles. The molecule has 0 aliphatic heterocycles. The van der Waals surface area contributed by atoms with Gasteiger partial charge in [-0.2, -0.15) is 0 Å². The van der Waals surface area contributed by atoms with Crippen LogP contribution in [0.2, 0.25) is 0 Å². The molecule has 0 unspecified atom stereocenters. The van der Waals surface area contributed by atoms with Crippen LogP contribution in [0.3, 0.4) is 0 Å². The Morgan fingerprint density at radius 3 is 2.66 bits per heavy atom. The number of unbranched alkanes of at least 4 members (excludes halogenated alkanes) is 1. The first-order chi connectivity index (χ1) is 16.9. The Labute approximate surface area is 209 Å². The van der Waals surface area contributed by atoms with Crippen molar-refractivity contribution in [3.8, 4) is 0 Å². The molecule has 0 aromatic carbocycles. The molecule has 188 valence electrons. The third-order valence-electron chi connectivity index (χ3n) is 7.00. The van der Waals surface area contributed by atoms with Crippen LogP contribution in [0.25, 0.3) is 10.9 Å². The number of allylic oxidation sites excluding steroid dienone is 4. The van der Waals surface area contributed by atoms with Crippen molar-refractivity contribution in [3.05, 3.63) is 77.4 Å². The Hall–Kier alpha value is -2.79. The smallest absolute Gasteiger partial charge is 0.251 e. The molecule has 0 N–H and O–H groups in total. The normalized spacial score (nSPS) is 18.7. The number of hydrogen-bond donors (Lipinski definition) is 0. The molecule has 1 aliphatic carbocycles. The van der Waals surface area contributed by atoms with E-state index in [9.17, 15) is 9.59 Å². The fraction of sp³-hybridized carbons (Fsp3) is 0.500. The highest BCUT2D eigenvalue weighted by Crippen LogP contribution is 2.32. The molecule has 3 rings (SSSR count). The van der Waals surface area contributed by atoms with Crippen LogP contribution in [-0.2, 0) is 22.5 Å². The summed E-state index contributed by atoms with van der Waals surface area (Å²) in [4.78, 5) is 29.3. The second-order valence-corrected chi connectivity index (χ2v) is 9.89. The summed E-state index contributed by atoms with van der Waals surface area (Å²) in [6, 6.07) is 5.54. The molecule has 0 bridgehead atoms. The number of hydrogen-bond acceptors (Lipinski definition) is 4. The summed E-state index contributed by atoms with van der Waals surface area (Å²) in [6.45, 7) is 13.1. The topological polar surface area (TPSA) is 61.2 Å². The first-order valence-corrected chi connectivity index (χ1v) is 13.0. The quantitative estimate of drug-likeness (QED) is 0.196. The number of aryl methyl sites for hydroxylation is 1. The van der Waals surface area contributed by atoms with E-state index in [0.29, 0.717) is 18.9 Å². The van der Waals surface area contributed by atoms with E-state index in [4.69, 9.17) is 4.74 Å². The predicted octanol–water partition coefficient (Wildman–Crippen LogP) is 6.21. The van der Waals surface area contributed by atoms with Gasteiger partial charge in [-0.25, -0.2) is 0 Å². The molecule has 1 fully saturated rings. The lowest BCUT2D eigenvalue weighted by Crippen LogP contribution is -2.24. The highest BCUT2D eigenvalue weighted by Gasteiger charge is 2.24. The Morgan fingerprint density at radius 2 is 1.97 bits per heavy atom. The molecule has 35 heavy (non-hydrogen) atoms. The third kappa shape index (κ3) is 7.86. The zero-order valence-electron chi connectivity index (χ0n) is 21.4. The Kier molecular flexibility index (Phi) is 10.2. The second-order valence-electron chi connectivity index (χ2n) is 9.89. The summed E-state index contributed by atoms with van der Waals surface area (Å²) >= 11 is 0. The number of ether oxygens (including phenoxy) is 1. The van der Waals surface area contributed by atoms with Gasteiger partial charge in [0.2, 0.25) is 0 Å². The zero-order valence-corrected chi connectivity index (χ0v) is 21.4. The van der Waals surface area contributed by atoms with Gasteiger partial charge in [0.25, 0.3) is 5.56 Å². The van der Waals surface area contributed by atoms with E-state index < -0.39 is 0 Å². The first kappa shape index (κ1) is 26.8. The maximum absolute atomic E-state index is 12.8. The van der Waals surface area contributed by atoms with Gasteiger partial charge >= 0.3 is 0 Å². The van der Waals surface area contributed by atoms with Gasteiger partial charge in [0.15, 0.2) is 5.78 Å². The second kappa shape index (κ2) is 13.3. The van der Waals surface area contributed by atoms with Crippen LogP contribution < -0.4 is 5.56 Å². The summed E-state index contributed by atoms with van der Waals surface area (Å²) in [7, 11) is 0. The van der Waals surface area contributed by atoms with E-state index in [0.717, 1.165) is 73.7 Å². The molecule has 5 heteroatoms. The molecule has 1 saturated carbocycles. The molecule has 0 radical (unpaired) electrons. The van der Waals surface area contributed by atoms with E-state index in [1.54, 1.807) is 6.07 Å². The minimum atomic E-state index is 0.0230. The summed E-state index contributed by atoms with van der Waals surface area (Å²) in [5.41, 5.74) is 3.03. The van der Waals surface area contributed by atoms with Crippen molar-refractivity contribution < 1.29 is 9.53 Å². The Morgan fingerprint density at radius 1 is 1.20 bits per heavy atom. The number of aromatic nitrogens is 2.